The van der Waals surface area contributed by atoms with E-state index in [1.807, 2.05) is 36.6 Å². The van der Waals surface area contributed by atoms with Crippen LogP contribution in [0.4, 0.5) is 24.8 Å². The van der Waals surface area contributed by atoms with Gasteiger partial charge in [-0.1, -0.05) is 6.07 Å². The molecule has 0 saturated carbocycles. The maximum absolute atomic E-state index is 12.4. The van der Waals surface area contributed by atoms with Crippen LogP contribution in [-0.2, 0) is 17.8 Å². The van der Waals surface area contributed by atoms with E-state index >= 15 is 0 Å². The first-order valence-corrected chi connectivity index (χ1v) is 11.0. The Morgan fingerprint density at radius 2 is 2.00 bits per heavy atom. The zero-order chi connectivity index (χ0) is 23.3. The molecule has 170 valence electrons. The van der Waals surface area contributed by atoms with Gasteiger partial charge in [0.1, 0.15) is 5.82 Å². The Hall–Kier alpha value is -3.06. The zero-order valence-corrected chi connectivity index (χ0v) is 18.4. The first-order chi connectivity index (χ1) is 15.1. The van der Waals surface area contributed by atoms with Gasteiger partial charge >= 0.3 is 12.1 Å². The van der Waals surface area contributed by atoms with Crippen molar-refractivity contribution in [2.24, 2.45) is 0 Å². The number of anilines is 2. The van der Waals surface area contributed by atoms with Crippen LogP contribution in [0.25, 0.3) is 0 Å². The smallest absolute Gasteiger partial charge is 0.475 e. The van der Waals surface area contributed by atoms with Gasteiger partial charge in [0, 0.05) is 16.3 Å². The van der Waals surface area contributed by atoms with Crippen LogP contribution in [-0.4, -0.2) is 44.9 Å². The highest BCUT2D eigenvalue weighted by atomic mass is 32.1. The highest BCUT2D eigenvalue weighted by molar-refractivity contribution is 7.14. The van der Waals surface area contributed by atoms with Crippen LogP contribution in [0.15, 0.2) is 29.6 Å². The third-order valence-corrected chi connectivity index (χ3v) is 6.20. The van der Waals surface area contributed by atoms with Crippen molar-refractivity contribution in [2.75, 3.05) is 11.4 Å². The van der Waals surface area contributed by atoms with Crippen LogP contribution < -0.4 is 10.2 Å². The van der Waals surface area contributed by atoms with Crippen molar-refractivity contribution < 1.29 is 27.9 Å². The molecule has 1 amide bonds. The Morgan fingerprint density at radius 3 is 2.59 bits per heavy atom. The van der Waals surface area contributed by atoms with Gasteiger partial charge in [-0.2, -0.15) is 18.3 Å². The molecule has 0 unspecified atom stereocenters. The van der Waals surface area contributed by atoms with Crippen LogP contribution >= 0.6 is 22.7 Å². The average Bonchev–Trinajstić information content (AvgIpc) is 3.42. The van der Waals surface area contributed by atoms with Crippen LogP contribution in [0.1, 0.15) is 31.7 Å². The molecule has 0 radical (unpaired) electrons. The lowest BCUT2D eigenvalue weighted by molar-refractivity contribution is -0.192. The van der Waals surface area contributed by atoms with Crippen LogP contribution in [0.2, 0.25) is 0 Å². The van der Waals surface area contributed by atoms with Gasteiger partial charge in [0.2, 0.25) is 0 Å². The number of rotatable bonds is 4. The van der Waals surface area contributed by atoms with Crippen molar-refractivity contribution in [2.45, 2.75) is 32.5 Å². The molecule has 4 rings (SSSR count). The van der Waals surface area contributed by atoms with Gasteiger partial charge < -0.3 is 15.3 Å². The summed E-state index contributed by atoms with van der Waals surface area (Å²) in [4.78, 5) is 30.3. The fourth-order valence-corrected chi connectivity index (χ4v) is 4.40. The maximum atomic E-state index is 12.4. The molecule has 0 aromatic carbocycles. The molecule has 0 atom stereocenters. The number of carboxylic acid groups (broad SMARTS) is 1. The summed E-state index contributed by atoms with van der Waals surface area (Å²) < 4.78 is 31.7. The van der Waals surface area contributed by atoms with Gasteiger partial charge in [-0.25, -0.2) is 9.78 Å². The summed E-state index contributed by atoms with van der Waals surface area (Å²) in [5.74, 6) is -1.26. The van der Waals surface area contributed by atoms with Crippen LogP contribution in [0, 0.1) is 6.92 Å². The number of carbonyl (C=O) groups excluding carboxylic acids is 1. The average molecular weight is 486 g/mol. The number of alkyl halides is 3. The van der Waals surface area contributed by atoms with Crippen LogP contribution in [0.5, 0.6) is 0 Å². The summed E-state index contributed by atoms with van der Waals surface area (Å²) in [6.45, 7) is 3.29. The molecule has 0 bridgehead atoms. The number of hydrogen-bond acceptors (Lipinski definition) is 8. The van der Waals surface area contributed by atoms with Crippen molar-refractivity contribution in [3.05, 3.63) is 50.1 Å². The second kappa shape index (κ2) is 10.0. The number of nitrogens with zero attached hydrogens (tertiary/aromatic N) is 4. The van der Waals surface area contributed by atoms with E-state index in [2.05, 4.69) is 25.4 Å². The molecule has 13 heteroatoms. The Kier molecular flexibility index (Phi) is 7.40. The number of carboxylic acids is 1. The largest absolute Gasteiger partial charge is 0.490 e. The van der Waals surface area contributed by atoms with Crippen molar-refractivity contribution in [3.8, 4) is 0 Å². The number of amides is 1. The molecular weight excluding hydrogens is 467 g/mol. The van der Waals surface area contributed by atoms with E-state index in [1.54, 1.807) is 11.3 Å². The van der Waals surface area contributed by atoms with E-state index in [0.717, 1.165) is 46.5 Å². The molecule has 0 saturated heterocycles. The first kappa shape index (κ1) is 23.6. The molecule has 3 aromatic heterocycles. The fraction of sp³-hybridized carbons (Fsp3) is 0.316. The van der Waals surface area contributed by atoms with Crippen LogP contribution in [0.3, 0.4) is 0 Å². The van der Waals surface area contributed by atoms with Gasteiger partial charge in [0.05, 0.1) is 12.2 Å². The number of aryl methyl sites for hydroxylation is 2. The lowest BCUT2D eigenvalue weighted by Gasteiger charge is -2.25. The molecule has 0 fully saturated rings. The summed E-state index contributed by atoms with van der Waals surface area (Å²) >= 11 is 3.10. The number of carbonyl (C=O) groups is 2. The summed E-state index contributed by atoms with van der Waals surface area (Å²) in [5, 5.41) is 21.0. The Morgan fingerprint density at radius 1 is 1.25 bits per heavy atom. The molecule has 3 aromatic rings. The molecular formula is C19H18F3N5O3S2. The second-order valence-electron chi connectivity index (χ2n) is 6.62. The first-order valence-electron chi connectivity index (χ1n) is 9.33. The van der Waals surface area contributed by atoms with Gasteiger partial charge in [-0.3, -0.25) is 4.79 Å². The number of aromatic nitrogens is 3. The Bertz CT molecular complexity index is 1070. The van der Waals surface area contributed by atoms with Crippen molar-refractivity contribution in [3.63, 3.8) is 0 Å². The SMILES string of the molecule is Cc1ccc(N2CCCc3sc(C(=O)NCc4cccs4)nc32)nn1.O=C(O)C(F)(F)F. The molecule has 2 N–H and O–H groups in total. The normalized spacial score (nSPS) is 13.1. The number of hydrogen-bond donors (Lipinski definition) is 2. The molecule has 0 spiro atoms. The molecule has 1 aliphatic rings. The quantitative estimate of drug-likeness (QED) is 0.576. The number of thiophene rings is 1. The van der Waals surface area contributed by atoms with Gasteiger partial charge in [-0.15, -0.1) is 27.8 Å². The Balaban J connectivity index is 0.000000360. The highest BCUT2D eigenvalue weighted by Crippen LogP contribution is 2.35. The minimum Gasteiger partial charge on any atom is -0.475 e. The minimum atomic E-state index is -5.08. The lowest BCUT2D eigenvalue weighted by atomic mass is 10.2. The summed E-state index contributed by atoms with van der Waals surface area (Å²) in [6.07, 6.45) is -3.12. The number of fused-ring (bicyclic) bond motifs is 1. The molecule has 32 heavy (non-hydrogen) atoms. The maximum Gasteiger partial charge on any atom is 0.490 e. The van der Waals surface area contributed by atoms with Gasteiger partial charge in [-0.05, 0) is 43.3 Å². The number of thiazole rings is 1. The van der Waals surface area contributed by atoms with Gasteiger partial charge in [0.25, 0.3) is 5.91 Å². The predicted octanol–water partition coefficient (Wildman–Crippen LogP) is 3.95. The number of aliphatic carboxylic acids is 1. The van der Waals surface area contributed by atoms with E-state index in [1.165, 1.54) is 11.3 Å². The van der Waals surface area contributed by atoms with E-state index < -0.39 is 12.1 Å². The van der Waals surface area contributed by atoms with Gasteiger partial charge in [0.15, 0.2) is 10.8 Å². The molecule has 1 aliphatic heterocycles. The summed E-state index contributed by atoms with van der Waals surface area (Å²) in [5.41, 5.74) is 0.882. The third-order valence-electron chi connectivity index (χ3n) is 4.22. The number of halogens is 3. The standard InChI is InChI=1S/C17H17N5OS2.C2HF3O2/c1-11-6-7-14(21-20-11)22-8-2-5-13-15(22)19-17(25-13)16(23)18-10-12-4-3-9-24-12;3-2(4,5)1(6)7/h3-4,6-7,9H,2,5,8,10H2,1H3,(H,18,23);(H,6,7). The lowest BCUT2D eigenvalue weighted by Crippen LogP contribution is -2.26. The third kappa shape index (κ3) is 6.01. The topological polar surface area (TPSA) is 108 Å². The summed E-state index contributed by atoms with van der Waals surface area (Å²) in [6, 6.07) is 7.88. The molecule has 0 aliphatic carbocycles. The zero-order valence-electron chi connectivity index (χ0n) is 16.7. The van der Waals surface area contributed by atoms with E-state index in [0.29, 0.717) is 11.6 Å². The Labute approximate surface area is 188 Å². The minimum absolute atomic E-state index is 0.122. The molecule has 4 heterocycles. The highest BCUT2D eigenvalue weighted by Gasteiger charge is 2.38. The fourth-order valence-electron chi connectivity index (χ4n) is 2.73. The van der Waals surface area contributed by atoms with Crippen molar-refractivity contribution >= 4 is 46.2 Å². The number of nitrogens with one attached hydrogen (secondary N) is 1. The summed E-state index contributed by atoms with van der Waals surface area (Å²) in [7, 11) is 0. The van der Waals surface area contributed by atoms with E-state index in [4.69, 9.17) is 9.90 Å². The van der Waals surface area contributed by atoms with Crippen molar-refractivity contribution in [1.29, 1.82) is 0 Å². The van der Waals surface area contributed by atoms with E-state index in [-0.39, 0.29) is 5.91 Å². The second-order valence-corrected chi connectivity index (χ2v) is 8.73. The van der Waals surface area contributed by atoms with Crippen molar-refractivity contribution in [1.82, 2.24) is 20.5 Å². The van der Waals surface area contributed by atoms with E-state index in [9.17, 15) is 18.0 Å². The monoisotopic (exact) mass is 485 g/mol. The molecule has 8 nitrogen and oxygen atoms in total. The predicted molar refractivity (Wildman–Crippen MR) is 113 cm³/mol.